The number of rotatable bonds is 3. The lowest BCUT2D eigenvalue weighted by atomic mass is 10.1. The first-order valence-electron chi connectivity index (χ1n) is 5.86. The van der Waals surface area contributed by atoms with Crippen LogP contribution in [0.5, 0.6) is 0 Å². The van der Waals surface area contributed by atoms with Gasteiger partial charge in [0, 0.05) is 11.9 Å². The summed E-state index contributed by atoms with van der Waals surface area (Å²) in [4.78, 5) is 26.0. The van der Waals surface area contributed by atoms with Crippen molar-refractivity contribution < 1.29 is 23.5 Å². The van der Waals surface area contributed by atoms with Gasteiger partial charge >= 0.3 is 5.97 Å². The third-order valence-electron chi connectivity index (χ3n) is 2.90. The van der Waals surface area contributed by atoms with E-state index in [0.717, 1.165) is 12.3 Å². The maximum absolute atomic E-state index is 13.5. The summed E-state index contributed by atoms with van der Waals surface area (Å²) >= 11 is 0. The van der Waals surface area contributed by atoms with Gasteiger partial charge in [-0.3, -0.25) is 4.79 Å². The number of pyridine rings is 1. The standard InChI is InChI=1S/C14H10F2N2O3/c1-7-8(14(20)21)3-2-4-10(7)18-13(19)9-5-6-17-12(16)11(9)15/h2-6H,1H3,(H,18,19)(H,20,21). The topological polar surface area (TPSA) is 79.3 Å². The highest BCUT2D eigenvalue weighted by Crippen LogP contribution is 2.20. The summed E-state index contributed by atoms with van der Waals surface area (Å²) < 4.78 is 26.5. The zero-order valence-corrected chi connectivity index (χ0v) is 10.9. The van der Waals surface area contributed by atoms with Gasteiger partial charge in [-0.25, -0.2) is 14.2 Å². The first kappa shape index (κ1) is 14.6. The summed E-state index contributed by atoms with van der Waals surface area (Å²) in [6.07, 6.45) is 0.966. The van der Waals surface area contributed by atoms with Crippen molar-refractivity contribution in [3.63, 3.8) is 0 Å². The van der Waals surface area contributed by atoms with Crippen LogP contribution in [0.4, 0.5) is 14.5 Å². The third-order valence-corrected chi connectivity index (χ3v) is 2.90. The number of hydrogen-bond donors (Lipinski definition) is 2. The molecule has 0 aliphatic rings. The fraction of sp³-hybridized carbons (Fsp3) is 0.0714. The molecule has 0 saturated heterocycles. The highest BCUT2D eigenvalue weighted by Gasteiger charge is 2.18. The number of carbonyl (C=O) groups is 2. The maximum Gasteiger partial charge on any atom is 0.336 e. The molecule has 2 rings (SSSR count). The van der Waals surface area contributed by atoms with Gasteiger partial charge in [0.1, 0.15) is 0 Å². The highest BCUT2D eigenvalue weighted by atomic mass is 19.2. The molecule has 1 aromatic heterocycles. The SMILES string of the molecule is Cc1c(NC(=O)c2ccnc(F)c2F)cccc1C(=O)O. The van der Waals surface area contributed by atoms with Crippen LogP contribution in [-0.2, 0) is 0 Å². The predicted octanol–water partition coefficient (Wildman–Crippen LogP) is 2.62. The number of carbonyl (C=O) groups excluding carboxylic acids is 1. The number of hydrogen-bond acceptors (Lipinski definition) is 3. The molecule has 21 heavy (non-hydrogen) atoms. The van der Waals surface area contributed by atoms with E-state index >= 15 is 0 Å². The fourth-order valence-corrected chi connectivity index (χ4v) is 1.79. The Morgan fingerprint density at radius 1 is 1.19 bits per heavy atom. The van der Waals surface area contributed by atoms with E-state index in [4.69, 9.17) is 5.11 Å². The molecule has 0 bridgehead atoms. The second kappa shape index (κ2) is 5.66. The van der Waals surface area contributed by atoms with Crippen LogP contribution in [0.3, 0.4) is 0 Å². The Bertz CT molecular complexity index is 732. The smallest absolute Gasteiger partial charge is 0.336 e. The van der Waals surface area contributed by atoms with Gasteiger partial charge in [-0.15, -0.1) is 0 Å². The molecule has 7 heteroatoms. The molecular weight excluding hydrogens is 282 g/mol. The minimum atomic E-state index is -1.38. The van der Waals surface area contributed by atoms with E-state index in [0.29, 0.717) is 5.56 Å². The second-order valence-corrected chi connectivity index (χ2v) is 4.20. The first-order chi connectivity index (χ1) is 9.91. The molecule has 1 amide bonds. The molecule has 1 heterocycles. The maximum atomic E-state index is 13.5. The lowest BCUT2D eigenvalue weighted by Crippen LogP contribution is -2.16. The number of aromatic carboxylic acids is 1. The van der Waals surface area contributed by atoms with Crippen molar-refractivity contribution in [2.75, 3.05) is 5.32 Å². The molecule has 2 N–H and O–H groups in total. The van der Waals surface area contributed by atoms with Gasteiger partial charge in [-0.05, 0) is 30.7 Å². The molecule has 0 unspecified atom stereocenters. The van der Waals surface area contributed by atoms with Crippen LogP contribution in [0.1, 0.15) is 26.3 Å². The molecule has 1 aromatic carbocycles. The molecule has 0 atom stereocenters. The van der Waals surface area contributed by atoms with E-state index in [1.54, 1.807) is 0 Å². The zero-order chi connectivity index (χ0) is 15.6. The van der Waals surface area contributed by atoms with Gasteiger partial charge in [0.15, 0.2) is 5.82 Å². The van der Waals surface area contributed by atoms with Crippen LogP contribution in [0, 0.1) is 18.7 Å². The van der Waals surface area contributed by atoms with Crippen molar-refractivity contribution in [1.29, 1.82) is 0 Å². The van der Waals surface area contributed by atoms with Gasteiger partial charge in [0.25, 0.3) is 5.91 Å². The largest absolute Gasteiger partial charge is 0.478 e. The normalized spacial score (nSPS) is 10.2. The minimum Gasteiger partial charge on any atom is -0.478 e. The molecule has 0 fully saturated rings. The van der Waals surface area contributed by atoms with Crippen molar-refractivity contribution in [2.24, 2.45) is 0 Å². The van der Waals surface area contributed by atoms with Gasteiger partial charge in [-0.1, -0.05) is 6.07 Å². The van der Waals surface area contributed by atoms with Crippen LogP contribution in [0.15, 0.2) is 30.5 Å². The number of benzene rings is 1. The van der Waals surface area contributed by atoms with E-state index in [9.17, 15) is 18.4 Å². The molecule has 2 aromatic rings. The third kappa shape index (κ3) is 2.86. The van der Waals surface area contributed by atoms with E-state index < -0.39 is 29.2 Å². The van der Waals surface area contributed by atoms with Crippen molar-refractivity contribution in [1.82, 2.24) is 4.98 Å². The number of halogens is 2. The zero-order valence-electron chi connectivity index (χ0n) is 10.9. The van der Waals surface area contributed by atoms with Crippen LogP contribution >= 0.6 is 0 Å². The Hall–Kier alpha value is -2.83. The summed E-state index contributed by atoms with van der Waals surface area (Å²) in [7, 11) is 0. The van der Waals surface area contributed by atoms with Crippen LogP contribution in [-0.4, -0.2) is 22.0 Å². The summed E-state index contributed by atoms with van der Waals surface area (Å²) in [5, 5.41) is 11.3. The average molecular weight is 292 g/mol. The van der Waals surface area contributed by atoms with Crippen LogP contribution in [0.2, 0.25) is 0 Å². The Balaban J connectivity index is 2.34. The van der Waals surface area contributed by atoms with E-state index in [2.05, 4.69) is 10.3 Å². The summed E-state index contributed by atoms with van der Waals surface area (Å²) in [5.74, 6) is -4.77. The number of nitrogens with one attached hydrogen (secondary N) is 1. The molecular formula is C14H10F2N2O3. The van der Waals surface area contributed by atoms with E-state index in [1.165, 1.54) is 25.1 Å². The second-order valence-electron chi connectivity index (χ2n) is 4.20. The minimum absolute atomic E-state index is 0.00850. The molecule has 0 aliphatic carbocycles. The van der Waals surface area contributed by atoms with Gasteiger partial charge in [0.2, 0.25) is 5.95 Å². The summed E-state index contributed by atoms with van der Waals surface area (Å²) in [5.41, 5.74) is 0.0154. The molecule has 0 spiro atoms. The molecule has 5 nitrogen and oxygen atoms in total. The summed E-state index contributed by atoms with van der Waals surface area (Å²) in [6, 6.07) is 5.31. The lowest BCUT2D eigenvalue weighted by molar-refractivity contribution is 0.0695. The summed E-state index contributed by atoms with van der Waals surface area (Å²) in [6.45, 7) is 1.50. The number of nitrogens with zero attached hydrogens (tertiary/aromatic N) is 1. The van der Waals surface area contributed by atoms with Crippen LogP contribution < -0.4 is 5.32 Å². The number of carboxylic acid groups (broad SMARTS) is 1. The van der Waals surface area contributed by atoms with E-state index in [-0.39, 0.29) is 11.3 Å². The fourth-order valence-electron chi connectivity index (χ4n) is 1.79. The Morgan fingerprint density at radius 2 is 1.90 bits per heavy atom. The van der Waals surface area contributed by atoms with Crippen molar-refractivity contribution in [3.8, 4) is 0 Å². The first-order valence-corrected chi connectivity index (χ1v) is 5.86. The van der Waals surface area contributed by atoms with Crippen molar-refractivity contribution in [2.45, 2.75) is 6.92 Å². The van der Waals surface area contributed by atoms with Crippen molar-refractivity contribution in [3.05, 3.63) is 58.9 Å². The quantitative estimate of drug-likeness (QED) is 0.852. The predicted molar refractivity (Wildman–Crippen MR) is 70.2 cm³/mol. The average Bonchev–Trinajstić information content (AvgIpc) is 2.43. The van der Waals surface area contributed by atoms with Gasteiger partial charge < -0.3 is 10.4 Å². The van der Waals surface area contributed by atoms with Gasteiger partial charge in [-0.2, -0.15) is 4.39 Å². The van der Waals surface area contributed by atoms with E-state index in [1.807, 2.05) is 0 Å². The molecule has 0 radical (unpaired) electrons. The number of anilines is 1. The van der Waals surface area contributed by atoms with Crippen LogP contribution in [0.25, 0.3) is 0 Å². The monoisotopic (exact) mass is 292 g/mol. The Labute approximate surface area is 118 Å². The number of amides is 1. The molecule has 0 saturated carbocycles. The number of aromatic nitrogens is 1. The Morgan fingerprint density at radius 3 is 2.57 bits per heavy atom. The van der Waals surface area contributed by atoms with Gasteiger partial charge in [0.05, 0.1) is 11.1 Å². The number of carboxylic acids is 1. The lowest BCUT2D eigenvalue weighted by Gasteiger charge is -2.10. The highest BCUT2D eigenvalue weighted by molar-refractivity contribution is 6.05. The van der Waals surface area contributed by atoms with Crippen molar-refractivity contribution >= 4 is 17.6 Å². The Kier molecular flexibility index (Phi) is 3.93. The molecule has 0 aliphatic heterocycles. The molecule has 108 valence electrons.